The summed E-state index contributed by atoms with van der Waals surface area (Å²) in [5.74, 6) is -1.18. The van der Waals surface area contributed by atoms with Gasteiger partial charge < -0.3 is 20.3 Å². The first kappa shape index (κ1) is 20.2. The van der Waals surface area contributed by atoms with Gasteiger partial charge in [0, 0.05) is 12.0 Å². The number of ether oxygens (including phenoxy) is 1. The number of benzene rings is 2. The van der Waals surface area contributed by atoms with Gasteiger partial charge in [0.15, 0.2) is 0 Å². The molecule has 0 radical (unpaired) electrons. The zero-order valence-corrected chi connectivity index (χ0v) is 14.9. The fourth-order valence-electron chi connectivity index (χ4n) is 2.55. The van der Waals surface area contributed by atoms with Gasteiger partial charge in [-0.3, -0.25) is 0 Å². The highest BCUT2D eigenvalue weighted by Gasteiger charge is 2.24. The highest BCUT2D eigenvalue weighted by Crippen LogP contribution is 2.13. The molecule has 27 heavy (non-hydrogen) atoms. The van der Waals surface area contributed by atoms with Crippen molar-refractivity contribution in [2.75, 3.05) is 0 Å². The van der Waals surface area contributed by atoms with E-state index >= 15 is 0 Å². The summed E-state index contributed by atoms with van der Waals surface area (Å²) in [5, 5.41) is 22.0. The smallest absolute Gasteiger partial charge is 0.407 e. The van der Waals surface area contributed by atoms with Crippen LogP contribution in [-0.4, -0.2) is 34.4 Å². The fourth-order valence-corrected chi connectivity index (χ4v) is 2.55. The summed E-state index contributed by atoms with van der Waals surface area (Å²) in [5.41, 5.74) is 1.61. The molecule has 0 bridgehead atoms. The van der Waals surface area contributed by atoms with Crippen molar-refractivity contribution in [2.45, 2.75) is 31.6 Å². The monoisotopic (exact) mass is 369 g/mol. The van der Waals surface area contributed by atoms with Crippen molar-refractivity contribution in [2.24, 2.45) is 0 Å². The molecule has 6 heteroatoms. The Bertz CT molecular complexity index is 761. The van der Waals surface area contributed by atoms with E-state index < -0.39 is 24.2 Å². The van der Waals surface area contributed by atoms with Gasteiger partial charge in [-0.05, 0) is 17.5 Å². The van der Waals surface area contributed by atoms with Gasteiger partial charge >= 0.3 is 12.1 Å². The van der Waals surface area contributed by atoms with Gasteiger partial charge in [0.05, 0.1) is 12.1 Å². The van der Waals surface area contributed by atoms with E-state index in [2.05, 4.69) is 11.9 Å². The van der Waals surface area contributed by atoms with Crippen molar-refractivity contribution in [3.05, 3.63) is 83.9 Å². The highest BCUT2D eigenvalue weighted by atomic mass is 16.5. The molecule has 0 fully saturated rings. The molecular formula is C21H23NO5. The third kappa shape index (κ3) is 6.95. The normalized spacial score (nSPS) is 12.6. The number of carbonyl (C=O) groups excluding carboxylic acids is 1. The summed E-state index contributed by atoms with van der Waals surface area (Å²) in [6.07, 6.45) is -1.63. The second-order valence-corrected chi connectivity index (χ2v) is 6.18. The number of alkyl carbamates (subject to hydrolysis) is 1. The van der Waals surface area contributed by atoms with Gasteiger partial charge in [0.2, 0.25) is 0 Å². The first-order valence-corrected chi connectivity index (χ1v) is 8.56. The van der Waals surface area contributed by atoms with Crippen LogP contribution in [0.15, 0.2) is 72.8 Å². The lowest BCUT2D eigenvalue weighted by Crippen LogP contribution is -2.45. The van der Waals surface area contributed by atoms with Crippen LogP contribution >= 0.6 is 0 Å². The molecule has 0 heterocycles. The van der Waals surface area contributed by atoms with E-state index in [4.69, 9.17) is 9.84 Å². The molecule has 2 rings (SSSR count). The van der Waals surface area contributed by atoms with Crippen LogP contribution in [0.1, 0.15) is 17.5 Å². The molecule has 0 saturated heterocycles. The molecule has 0 spiro atoms. The van der Waals surface area contributed by atoms with E-state index in [1.54, 1.807) is 0 Å². The summed E-state index contributed by atoms with van der Waals surface area (Å²) >= 11 is 0. The molecule has 0 aliphatic heterocycles. The Morgan fingerprint density at radius 3 is 2.11 bits per heavy atom. The van der Waals surface area contributed by atoms with Crippen LogP contribution in [0.25, 0.3) is 0 Å². The SMILES string of the molecule is C=C(C[C@H](O)[C@H](Cc1ccccc1)NC(=O)OCc1ccccc1)C(=O)O. The quantitative estimate of drug-likeness (QED) is 0.591. The minimum absolute atomic E-state index is 0.0999. The summed E-state index contributed by atoms with van der Waals surface area (Å²) < 4.78 is 5.20. The highest BCUT2D eigenvalue weighted by molar-refractivity contribution is 5.85. The van der Waals surface area contributed by atoms with Crippen molar-refractivity contribution in [3.8, 4) is 0 Å². The van der Waals surface area contributed by atoms with E-state index in [1.165, 1.54) is 0 Å². The Kier molecular flexibility index (Phi) is 7.58. The van der Waals surface area contributed by atoms with Gasteiger partial charge in [-0.15, -0.1) is 0 Å². The summed E-state index contributed by atoms with van der Waals surface area (Å²) in [6, 6.07) is 17.8. The maximum absolute atomic E-state index is 12.2. The number of aliphatic hydroxyl groups excluding tert-OH is 1. The number of hydrogen-bond acceptors (Lipinski definition) is 4. The van der Waals surface area contributed by atoms with Crippen LogP contribution in [0.4, 0.5) is 4.79 Å². The molecule has 3 N–H and O–H groups in total. The molecule has 6 nitrogen and oxygen atoms in total. The van der Waals surface area contributed by atoms with Crippen molar-refractivity contribution in [1.82, 2.24) is 5.32 Å². The second-order valence-electron chi connectivity index (χ2n) is 6.18. The predicted molar refractivity (Wildman–Crippen MR) is 101 cm³/mol. The van der Waals surface area contributed by atoms with Crippen molar-refractivity contribution in [3.63, 3.8) is 0 Å². The Balaban J connectivity index is 2.00. The molecule has 0 aliphatic rings. The number of nitrogens with one attached hydrogen (secondary N) is 1. The average Bonchev–Trinajstić information content (AvgIpc) is 2.67. The number of carboxylic acids is 1. The van der Waals surface area contributed by atoms with Gasteiger partial charge in [-0.2, -0.15) is 0 Å². The van der Waals surface area contributed by atoms with Gasteiger partial charge in [0.1, 0.15) is 6.61 Å². The molecule has 0 aliphatic carbocycles. The number of carbonyl (C=O) groups is 2. The van der Waals surface area contributed by atoms with Crippen LogP contribution in [0.3, 0.4) is 0 Å². The summed E-state index contributed by atoms with van der Waals surface area (Å²) in [4.78, 5) is 23.1. The number of aliphatic carboxylic acids is 1. The van der Waals surface area contributed by atoms with E-state index in [0.29, 0.717) is 6.42 Å². The van der Waals surface area contributed by atoms with E-state index in [9.17, 15) is 14.7 Å². The number of rotatable bonds is 9. The third-order valence-corrected chi connectivity index (χ3v) is 4.04. The third-order valence-electron chi connectivity index (χ3n) is 4.04. The first-order chi connectivity index (χ1) is 13.0. The molecule has 1 amide bonds. The topological polar surface area (TPSA) is 95.9 Å². The molecule has 2 aromatic carbocycles. The minimum Gasteiger partial charge on any atom is -0.478 e. The Morgan fingerprint density at radius 2 is 1.56 bits per heavy atom. The average molecular weight is 369 g/mol. The van der Waals surface area contributed by atoms with Crippen LogP contribution < -0.4 is 5.32 Å². The predicted octanol–water partition coefficient (Wildman–Crippen LogP) is 2.92. The fraction of sp³-hybridized carbons (Fsp3) is 0.238. The second kappa shape index (κ2) is 10.1. The molecule has 0 saturated carbocycles. The molecule has 142 valence electrons. The molecular weight excluding hydrogens is 346 g/mol. The zero-order chi connectivity index (χ0) is 19.6. The lowest BCUT2D eigenvalue weighted by atomic mass is 9.97. The van der Waals surface area contributed by atoms with Gasteiger partial charge in [-0.1, -0.05) is 67.2 Å². The van der Waals surface area contributed by atoms with Crippen LogP contribution in [0.5, 0.6) is 0 Å². The van der Waals surface area contributed by atoms with E-state index in [1.807, 2.05) is 60.7 Å². The van der Waals surface area contributed by atoms with Crippen molar-refractivity contribution < 1.29 is 24.5 Å². The summed E-state index contributed by atoms with van der Waals surface area (Å²) in [6.45, 7) is 3.54. The lowest BCUT2D eigenvalue weighted by Gasteiger charge is -2.24. The molecule has 2 atom stereocenters. The van der Waals surface area contributed by atoms with E-state index in [0.717, 1.165) is 11.1 Å². The Morgan fingerprint density at radius 1 is 1.00 bits per heavy atom. The number of hydrogen-bond donors (Lipinski definition) is 3. The van der Waals surface area contributed by atoms with Crippen molar-refractivity contribution >= 4 is 12.1 Å². The van der Waals surface area contributed by atoms with Crippen molar-refractivity contribution in [1.29, 1.82) is 0 Å². The maximum atomic E-state index is 12.2. The number of carboxylic acid groups (broad SMARTS) is 1. The lowest BCUT2D eigenvalue weighted by molar-refractivity contribution is -0.133. The van der Waals surface area contributed by atoms with Gasteiger partial charge in [-0.25, -0.2) is 9.59 Å². The van der Waals surface area contributed by atoms with E-state index in [-0.39, 0.29) is 18.6 Å². The van der Waals surface area contributed by atoms with Crippen LogP contribution in [0, 0.1) is 0 Å². The minimum atomic E-state index is -1.18. The standard InChI is InChI=1S/C21H23NO5/c1-15(20(24)25)12-19(23)18(13-16-8-4-2-5-9-16)22-21(26)27-14-17-10-6-3-7-11-17/h2-11,18-19,23H,1,12-14H2,(H,22,26)(H,24,25)/t18-,19-/m0/s1. The molecule has 2 aromatic rings. The van der Waals surface area contributed by atoms with Crippen LogP contribution in [0.2, 0.25) is 0 Å². The number of aliphatic hydroxyl groups is 1. The van der Waals surface area contributed by atoms with Gasteiger partial charge in [0.25, 0.3) is 0 Å². The number of amides is 1. The largest absolute Gasteiger partial charge is 0.478 e. The maximum Gasteiger partial charge on any atom is 0.407 e. The zero-order valence-electron chi connectivity index (χ0n) is 14.9. The molecule has 0 unspecified atom stereocenters. The molecule has 0 aromatic heterocycles. The first-order valence-electron chi connectivity index (χ1n) is 8.56. The Hall–Kier alpha value is -3.12. The van der Waals surface area contributed by atoms with Crippen LogP contribution in [-0.2, 0) is 22.6 Å². The summed E-state index contributed by atoms with van der Waals surface area (Å²) in [7, 11) is 0. The Labute approximate surface area is 158 Å².